The third-order valence-corrected chi connectivity index (χ3v) is 1.63. The Morgan fingerprint density at radius 3 is 2.60 bits per heavy atom. The molecule has 15 heavy (non-hydrogen) atoms. The first-order chi connectivity index (χ1) is 7.17. The van der Waals surface area contributed by atoms with Crippen LogP contribution in [-0.2, 0) is 9.59 Å². The molecule has 0 bridgehead atoms. The average Bonchev–Trinajstić information content (AvgIpc) is 2.25. The van der Waals surface area contributed by atoms with Crippen molar-refractivity contribution in [2.45, 2.75) is 13.3 Å². The van der Waals surface area contributed by atoms with Crippen LogP contribution in [0.3, 0.4) is 0 Å². The number of carbonyl (C=O) groups excluding carboxylic acids is 2. The van der Waals surface area contributed by atoms with Gasteiger partial charge in [0.05, 0.1) is 0 Å². The molecule has 3 N–H and O–H groups in total. The molecular formula is C11H16N2O2. The molecular weight excluding hydrogens is 192 g/mol. The maximum atomic E-state index is 11.2. The molecule has 0 spiro atoms. The van der Waals surface area contributed by atoms with Crippen LogP contribution < -0.4 is 11.1 Å². The summed E-state index contributed by atoms with van der Waals surface area (Å²) < 4.78 is 0. The molecule has 0 saturated heterocycles. The molecule has 0 aromatic heterocycles. The minimum Gasteiger partial charge on any atom is -0.398 e. The van der Waals surface area contributed by atoms with E-state index >= 15 is 0 Å². The fourth-order valence-electron chi connectivity index (χ4n) is 0.966. The molecule has 0 saturated carbocycles. The summed E-state index contributed by atoms with van der Waals surface area (Å²) in [7, 11) is 1.75. The SMILES string of the molecule is CC\C=C(C(=O)C=O)/C(N)=C\C=C\NC. The first kappa shape index (κ1) is 13.2. The van der Waals surface area contributed by atoms with Gasteiger partial charge in [-0.05, 0) is 24.8 Å². The van der Waals surface area contributed by atoms with E-state index in [1.165, 1.54) is 0 Å². The van der Waals surface area contributed by atoms with E-state index in [9.17, 15) is 9.59 Å². The zero-order chi connectivity index (χ0) is 11.7. The molecule has 0 aliphatic carbocycles. The van der Waals surface area contributed by atoms with Crippen LogP contribution in [0.2, 0.25) is 0 Å². The molecule has 4 nitrogen and oxygen atoms in total. The van der Waals surface area contributed by atoms with E-state index in [2.05, 4.69) is 5.32 Å². The van der Waals surface area contributed by atoms with Gasteiger partial charge in [-0.1, -0.05) is 13.0 Å². The number of nitrogens with one attached hydrogen (secondary N) is 1. The first-order valence-corrected chi connectivity index (χ1v) is 4.67. The molecule has 0 aliphatic heterocycles. The Hall–Kier alpha value is -1.84. The van der Waals surface area contributed by atoms with Crippen molar-refractivity contribution in [1.82, 2.24) is 5.32 Å². The summed E-state index contributed by atoms with van der Waals surface area (Å²) in [6.07, 6.45) is 7.46. The van der Waals surface area contributed by atoms with Gasteiger partial charge in [0.1, 0.15) is 0 Å². The van der Waals surface area contributed by atoms with E-state index in [0.29, 0.717) is 12.1 Å². The summed E-state index contributed by atoms with van der Waals surface area (Å²) in [5.74, 6) is -0.594. The lowest BCUT2D eigenvalue weighted by Crippen LogP contribution is -2.12. The predicted octanol–water partition coefficient (Wildman–Crippen LogP) is 0.667. The van der Waals surface area contributed by atoms with Crippen LogP contribution >= 0.6 is 0 Å². The Morgan fingerprint density at radius 1 is 1.47 bits per heavy atom. The van der Waals surface area contributed by atoms with Crippen LogP contribution in [0.25, 0.3) is 0 Å². The summed E-state index contributed by atoms with van der Waals surface area (Å²) in [6, 6.07) is 0. The van der Waals surface area contributed by atoms with Gasteiger partial charge in [0.15, 0.2) is 6.29 Å². The van der Waals surface area contributed by atoms with Crippen molar-refractivity contribution < 1.29 is 9.59 Å². The number of allylic oxidation sites excluding steroid dienone is 4. The number of nitrogens with two attached hydrogens (primary N) is 1. The molecule has 0 unspecified atom stereocenters. The molecule has 0 aliphatic rings. The molecule has 4 heteroatoms. The monoisotopic (exact) mass is 208 g/mol. The minimum atomic E-state index is -0.594. The van der Waals surface area contributed by atoms with Gasteiger partial charge < -0.3 is 11.1 Å². The molecule has 0 rings (SSSR count). The molecule has 0 atom stereocenters. The smallest absolute Gasteiger partial charge is 0.227 e. The summed E-state index contributed by atoms with van der Waals surface area (Å²) in [5, 5.41) is 2.78. The van der Waals surface area contributed by atoms with E-state index < -0.39 is 5.78 Å². The van der Waals surface area contributed by atoms with Crippen LogP contribution in [0.5, 0.6) is 0 Å². The lowest BCUT2D eigenvalue weighted by atomic mass is 10.1. The number of Topliss-reactive ketones (excluding diaryl/α,β-unsaturated/α-hetero) is 1. The molecule has 0 amide bonds. The molecule has 0 aromatic carbocycles. The molecule has 82 valence electrons. The van der Waals surface area contributed by atoms with Gasteiger partial charge in [0, 0.05) is 18.3 Å². The lowest BCUT2D eigenvalue weighted by Gasteiger charge is -2.01. The van der Waals surface area contributed by atoms with Crippen molar-refractivity contribution >= 4 is 12.1 Å². The lowest BCUT2D eigenvalue weighted by molar-refractivity contribution is -0.127. The number of aldehydes is 1. The van der Waals surface area contributed by atoms with Crippen molar-refractivity contribution in [3.05, 3.63) is 35.7 Å². The second-order valence-corrected chi connectivity index (χ2v) is 2.78. The van der Waals surface area contributed by atoms with Crippen LogP contribution in [-0.4, -0.2) is 19.1 Å². The minimum absolute atomic E-state index is 0.258. The van der Waals surface area contributed by atoms with Gasteiger partial charge >= 0.3 is 0 Å². The van der Waals surface area contributed by atoms with Crippen molar-refractivity contribution in [2.24, 2.45) is 5.73 Å². The highest BCUT2D eigenvalue weighted by molar-refractivity contribution is 6.34. The van der Waals surface area contributed by atoms with Gasteiger partial charge in [-0.2, -0.15) is 0 Å². The van der Waals surface area contributed by atoms with Gasteiger partial charge in [-0.3, -0.25) is 9.59 Å². The van der Waals surface area contributed by atoms with Crippen molar-refractivity contribution in [3.63, 3.8) is 0 Å². The normalized spacial score (nSPS) is 12.9. The highest BCUT2D eigenvalue weighted by atomic mass is 16.2. The Bertz CT molecular complexity index is 315. The van der Waals surface area contributed by atoms with Gasteiger partial charge in [-0.25, -0.2) is 0 Å². The van der Waals surface area contributed by atoms with E-state index in [1.807, 2.05) is 6.92 Å². The summed E-state index contributed by atoms with van der Waals surface area (Å²) in [5.41, 5.74) is 6.21. The second kappa shape index (κ2) is 7.55. The summed E-state index contributed by atoms with van der Waals surface area (Å²) >= 11 is 0. The first-order valence-electron chi connectivity index (χ1n) is 4.67. The van der Waals surface area contributed by atoms with Gasteiger partial charge in [0.2, 0.25) is 5.78 Å². The van der Waals surface area contributed by atoms with E-state index in [1.54, 1.807) is 31.5 Å². The van der Waals surface area contributed by atoms with Crippen LogP contribution in [0.4, 0.5) is 0 Å². The fourth-order valence-corrected chi connectivity index (χ4v) is 0.966. The van der Waals surface area contributed by atoms with Gasteiger partial charge in [0.25, 0.3) is 0 Å². The van der Waals surface area contributed by atoms with E-state index in [-0.39, 0.29) is 11.9 Å². The van der Waals surface area contributed by atoms with Crippen LogP contribution in [0, 0.1) is 0 Å². The quantitative estimate of drug-likeness (QED) is 0.291. The van der Waals surface area contributed by atoms with Crippen molar-refractivity contribution in [3.8, 4) is 0 Å². The predicted molar refractivity (Wildman–Crippen MR) is 59.9 cm³/mol. The summed E-state index contributed by atoms with van der Waals surface area (Å²) in [4.78, 5) is 21.5. The third-order valence-electron chi connectivity index (χ3n) is 1.63. The van der Waals surface area contributed by atoms with Crippen LogP contribution in [0.15, 0.2) is 35.7 Å². The van der Waals surface area contributed by atoms with Gasteiger partial charge in [-0.15, -0.1) is 0 Å². The highest BCUT2D eigenvalue weighted by Crippen LogP contribution is 2.06. The topological polar surface area (TPSA) is 72.2 Å². The Balaban J connectivity index is 4.86. The zero-order valence-corrected chi connectivity index (χ0v) is 8.99. The number of hydrogen-bond acceptors (Lipinski definition) is 4. The van der Waals surface area contributed by atoms with Crippen molar-refractivity contribution in [1.29, 1.82) is 0 Å². The standard InChI is InChI=1S/C11H16N2O2/c1-3-5-9(11(15)8-14)10(12)6-4-7-13-2/h4-8,13H,3,12H2,1-2H3/b7-4+,9-5+,10-6+. The highest BCUT2D eigenvalue weighted by Gasteiger charge is 2.09. The third kappa shape index (κ3) is 4.81. The Labute approximate surface area is 89.5 Å². The fraction of sp³-hybridized carbons (Fsp3) is 0.273. The maximum absolute atomic E-state index is 11.2. The average molecular weight is 208 g/mol. The number of carbonyl (C=O) groups is 2. The largest absolute Gasteiger partial charge is 0.398 e. The molecule has 0 fully saturated rings. The number of rotatable bonds is 6. The summed E-state index contributed by atoms with van der Waals surface area (Å²) in [6.45, 7) is 1.87. The molecule has 0 radical (unpaired) electrons. The van der Waals surface area contributed by atoms with E-state index in [4.69, 9.17) is 5.73 Å². The maximum Gasteiger partial charge on any atom is 0.227 e. The van der Waals surface area contributed by atoms with Crippen LogP contribution in [0.1, 0.15) is 13.3 Å². The Morgan fingerprint density at radius 2 is 2.13 bits per heavy atom. The molecule has 0 aromatic rings. The van der Waals surface area contributed by atoms with Crippen molar-refractivity contribution in [2.75, 3.05) is 7.05 Å². The second-order valence-electron chi connectivity index (χ2n) is 2.78. The number of ketones is 1. The number of hydrogen-bond donors (Lipinski definition) is 2. The van der Waals surface area contributed by atoms with E-state index in [0.717, 1.165) is 0 Å². The Kier molecular flexibility index (Phi) is 6.63. The molecule has 0 heterocycles. The zero-order valence-electron chi connectivity index (χ0n) is 8.99.